The van der Waals surface area contributed by atoms with Crippen molar-refractivity contribution in [2.24, 2.45) is 0 Å². The average molecular weight is 494 g/mol. The Kier molecular flexibility index (Phi) is 7.57. The first kappa shape index (κ1) is 25.2. The van der Waals surface area contributed by atoms with Crippen molar-refractivity contribution in [3.8, 4) is 5.75 Å². The van der Waals surface area contributed by atoms with Gasteiger partial charge in [-0.2, -0.15) is 0 Å². The molecule has 0 saturated carbocycles. The van der Waals surface area contributed by atoms with Gasteiger partial charge in [0.15, 0.2) is 0 Å². The third-order valence-electron chi connectivity index (χ3n) is 6.34. The van der Waals surface area contributed by atoms with Gasteiger partial charge >= 0.3 is 6.09 Å². The number of aliphatic hydroxyl groups is 1. The van der Waals surface area contributed by atoms with E-state index in [1.54, 1.807) is 65.5 Å². The zero-order valence-corrected chi connectivity index (χ0v) is 20.7. The van der Waals surface area contributed by atoms with Gasteiger partial charge in [-0.05, 0) is 57.4 Å². The van der Waals surface area contributed by atoms with Gasteiger partial charge in [0.05, 0.1) is 24.3 Å². The zero-order valence-electron chi connectivity index (χ0n) is 20.7. The highest BCUT2D eigenvalue weighted by atomic mass is 16.6. The number of ether oxygens (including phenoxy) is 2. The van der Waals surface area contributed by atoms with Gasteiger partial charge in [-0.15, -0.1) is 0 Å². The summed E-state index contributed by atoms with van der Waals surface area (Å²) >= 11 is 0. The van der Waals surface area contributed by atoms with Crippen LogP contribution in [-0.2, 0) is 14.3 Å². The number of nitrogens with zero attached hydrogens (tertiary/aromatic N) is 3. The van der Waals surface area contributed by atoms with Crippen molar-refractivity contribution >= 4 is 23.5 Å². The number of piperidine rings is 1. The Bertz CT molecular complexity index is 1160. The second-order valence-electron chi connectivity index (χ2n) is 9.10. The molecule has 2 fully saturated rings. The van der Waals surface area contributed by atoms with E-state index in [0.717, 1.165) is 0 Å². The topological polar surface area (TPSA) is 109 Å². The molecule has 0 radical (unpaired) electrons. The SMILES string of the molecule is CCOC(=O)N1CCC(N2C(=O)C(=O)/C(=C(/O)c3cccc(OC(C)C)c3)C2c2cccnc2)CC1. The molecule has 36 heavy (non-hydrogen) atoms. The van der Waals surface area contributed by atoms with Crippen LogP contribution in [0.3, 0.4) is 0 Å². The highest BCUT2D eigenvalue weighted by Crippen LogP contribution is 2.42. The van der Waals surface area contributed by atoms with Crippen molar-refractivity contribution in [1.82, 2.24) is 14.8 Å². The number of carbonyl (C=O) groups is 3. The molecule has 2 saturated heterocycles. The van der Waals surface area contributed by atoms with E-state index >= 15 is 0 Å². The zero-order chi connectivity index (χ0) is 25.8. The van der Waals surface area contributed by atoms with Crippen molar-refractivity contribution in [3.05, 3.63) is 65.5 Å². The van der Waals surface area contributed by atoms with Crippen LogP contribution < -0.4 is 4.74 Å². The van der Waals surface area contributed by atoms with Crippen LogP contribution in [0.4, 0.5) is 4.79 Å². The number of pyridine rings is 1. The molecule has 3 heterocycles. The molecule has 1 atom stereocenters. The fraction of sp³-hybridized carbons (Fsp3) is 0.407. The van der Waals surface area contributed by atoms with Crippen molar-refractivity contribution in [3.63, 3.8) is 0 Å². The van der Waals surface area contributed by atoms with Crippen LogP contribution in [0, 0.1) is 0 Å². The van der Waals surface area contributed by atoms with Crippen LogP contribution in [0.1, 0.15) is 50.8 Å². The number of ketones is 1. The molecule has 2 aliphatic heterocycles. The first-order valence-electron chi connectivity index (χ1n) is 12.2. The van der Waals surface area contributed by atoms with Gasteiger partial charge in [0.25, 0.3) is 11.7 Å². The number of carbonyl (C=O) groups excluding carboxylic acids is 3. The third-order valence-corrected chi connectivity index (χ3v) is 6.34. The number of aliphatic hydroxyl groups excluding tert-OH is 1. The second kappa shape index (κ2) is 10.8. The summed E-state index contributed by atoms with van der Waals surface area (Å²) < 4.78 is 10.8. The highest BCUT2D eigenvalue weighted by molar-refractivity contribution is 6.46. The van der Waals surface area contributed by atoms with Gasteiger partial charge in [-0.3, -0.25) is 14.6 Å². The highest BCUT2D eigenvalue weighted by Gasteiger charge is 2.49. The average Bonchev–Trinajstić information content (AvgIpc) is 3.14. The summed E-state index contributed by atoms with van der Waals surface area (Å²) in [5, 5.41) is 11.3. The van der Waals surface area contributed by atoms with Gasteiger partial charge in [0.2, 0.25) is 0 Å². The molecule has 0 spiro atoms. The van der Waals surface area contributed by atoms with Crippen LogP contribution in [-0.4, -0.2) is 69.5 Å². The molecule has 1 unspecified atom stereocenters. The minimum Gasteiger partial charge on any atom is -0.507 e. The lowest BCUT2D eigenvalue weighted by molar-refractivity contribution is -0.142. The van der Waals surface area contributed by atoms with E-state index in [1.807, 2.05) is 13.8 Å². The molecule has 0 aliphatic carbocycles. The lowest BCUT2D eigenvalue weighted by Crippen LogP contribution is -2.48. The lowest BCUT2D eigenvalue weighted by Gasteiger charge is -2.38. The fourth-order valence-electron chi connectivity index (χ4n) is 4.78. The van der Waals surface area contributed by atoms with Crippen LogP contribution >= 0.6 is 0 Å². The molecule has 2 aromatic rings. The maximum absolute atomic E-state index is 13.3. The van der Waals surface area contributed by atoms with Crippen LogP contribution in [0.15, 0.2) is 54.4 Å². The maximum Gasteiger partial charge on any atom is 0.409 e. The van der Waals surface area contributed by atoms with Gasteiger partial charge < -0.3 is 24.4 Å². The smallest absolute Gasteiger partial charge is 0.409 e. The minimum absolute atomic E-state index is 0.0162. The van der Waals surface area contributed by atoms with Gasteiger partial charge in [-0.25, -0.2) is 4.79 Å². The number of Topliss-reactive ketones (excluding diaryl/α,β-unsaturated/α-hetero) is 1. The molecular weight excluding hydrogens is 462 g/mol. The largest absolute Gasteiger partial charge is 0.507 e. The predicted molar refractivity (Wildman–Crippen MR) is 132 cm³/mol. The standard InChI is InChI=1S/C27H31N3O6/c1-4-35-27(34)29-13-10-20(11-14-29)30-23(19-8-6-12-28-16-19)22(25(32)26(30)33)24(31)18-7-5-9-21(15-18)36-17(2)3/h5-9,12,15-17,20,23,31H,4,10-11,13-14H2,1-3H3/b24-22+. The van der Waals surface area contributed by atoms with Crippen molar-refractivity contribution in [1.29, 1.82) is 0 Å². The number of hydrogen-bond acceptors (Lipinski definition) is 7. The molecule has 2 aliphatic rings. The second-order valence-corrected chi connectivity index (χ2v) is 9.10. The Balaban J connectivity index is 1.71. The van der Waals surface area contributed by atoms with Gasteiger partial charge in [-0.1, -0.05) is 18.2 Å². The Morgan fingerprint density at radius 2 is 1.92 bits per heavy atom. The molecule has 1 N–H and O–H groups in total. The van der Waals surface area contributed by atoms with E-state index in [1.165, 1.54) is 0 Å². The molecule has 1 aromatic heterocycles. The summed E-state index contributed by atoms with van der Waals surface area (Å²) in [5.41, 5.74) is 1.03. The molecule has 0 bridgehead atoms. The number of amides is 2. The summed E-state index contributed by atoms with van der Waals surface area (Å²) in [4.78, 5) is 46.1. The predicted octanol–water partition coefficient (Wildman–Crippen LogP) is 3.91. The summed E-state index contributed by atoms with van der Waals surface area (Å²) in [6.45, 7) is 6.64. The van der Waals surface area contributed by atoms with Gasteiger partial charge in [0, 0.05) is 37.1 Å². The monoisotopic (exact) mass is 493 g/mol. The summed E-state index contributed by atoms with van der Waals surface area (Å²) in [6, 6.07) is 9.25. The molecule has 9 nitrogen and oxygen atoms in total. The van der Waals surface area contributed by atoms with Crippen LogP contribution in [0.25, 0.3) is 5.76 Å². The summed E-state index contributed by atoms with van der Waals surface area (Å²) in [6.07, 6.45) is 3.73. The Morgan fingerprint density at radius 3 is 2.56 bits per heavy atom. The van der Waals surface area contributed by atoms with E-state index in [2.05, 4.69) is 4.98 Å². The lowest BCUT2D eigenvalue weighted by atomic mass is 9.94. The third kappa shape index (κ3) is 5.05. The van der Waals surface area contributed by atoms with E-state index in [4.69, 9.17) is 9.47 Å². The summed E-state index contributed by atoms with van der Waals surface area (Å²) in [7, 11) is 0. The maximum atomic E-state index is 13.3. The first-order valence-corrected chi connectivity index (χ1v) is 12.2. The van der Waals surface area contributed by atoms with E-state index in [-0.39, 0.29) is 36.2 Å². The molecule has 1 aromatic carbocycles. The van der Waals surface area contributed by atoms with Gasteiger partial charge in [0.1, 0.15) is 11.5 Å². The Labute approximate surface area is 210 Å². The summed E-state index contributed by atoms with van der Waals surface area (Å²) in [5.74, 6) is -1.13. The quantitative estimate of drug-likeness (QED) is 0.369. The fourth-order valence-corrected chi connectivity index (χ4v) is 4.78. The van der Waals surface area contributed by atoms with Crippen LogP contribution in [0.5, 0.6) is 5.75 Å². The molecule has 9 heteroatoms. The molecule has 4 rings (SSSR count). The number of likely N-dealkylation sites (tertiary alicyclic amines) is 2. The van der Waals surface area contributed by atoms with Crippen molar-refractivity contribution < 1.29 is 29.0 Å². The van der Waals surface area contributed by atoms with E-state index in [0.29, 0.717) is 42.8 Å². The van der Waals surface area contributed by atoms with Crippen LogP contribution in [0.2, 0.25) is 0 Å². The number of hydrogen-bond donors (Lipinski definition) is 1. The van der Waals surface area contributed by atoms with Crippen molar-refractivity contribution in [2.45, 2.75) is 51.8 Å². The normalized spacial score (nSPS) is 20.2. The Morgan fingerprint density at radius 1 is 1.17 bits per heavy atom. The number of benzene rings is 1. The number of aromatic nitrogens is 1. The van der Waals surface area contributed by atoms with E-state index in [9.17, 15) is 19.5 Å². The first-order chi connectivity index (χ1) is 17.3. The Hall–Kier alpha value is -3.88. The molecular formula is C27H31N3O6. The van der Waals surface area contributed by atoms with E-state index < -0.39 is 17.7 Å². The molecule has 190 valence electrons. The number of rotatable bonds is 6. The minimum atomic E-state index is -0.799. The van der Waals surface area contributed by atoms with Crippen molar-refractivity contribution in [2.75, 3.05) is 19.7 Å². The molecule has 2 amide bonds.